The van der Waals surface area contributed by atoms with Crippen molar-refractivity contribution in [2.45, 2.75) is 52.7 Å². The molecule has 26 heavy (non-hydrogen) atoms. The molecule has 0 bridgehead atoms. The van der Waals surface area contributed by atoms with Gasteiger partial charge in [-0.1, -0.05) is 44.2 Å². The molecule has 136 valence electrons. The highest BCUT2D eigenvalue weighted by atomic mass is 16.1. The first-order chi connectivity index (χ1) is 12.3. The number of rotatable bonds is 5. The molecule has 1 aliphatic carbocycles. The van der Waals surface area contributed by atoms with Crippen molar-refractivity contribution in [2.24, 2.45) is 0 Å². The lowest BCUT2D eigenvalue weighted by atomic mass is 9.79. The van der Waals surface area contributed by atoms with Gasteiger partial charge in [0.15, 0.2) is 11.6 Å². The fourth-order valence-electron chi connectivity index (χ4n) is 3.63. The summed E-state index contributed by atoms with van der Waals surface area (Å²) in [6, 6.07) is 11.4. The third-order valence-electron chi connectivity index (χ3n) is 4.60. The molecule has 1 unspecified atom stereocenters. The second-order valence-electron chi connectivity index (χ2n) is 7.50. The van der Waals surface area contributed by atoms with Gasteiger partial charge in [-0.25, -0.2) is 0 Å². The zero-order chi connectivity index (χ0) is 19.0. The number of fused-ring (bicyclic) bond motifs is 2. The minimum Gasteiger partial charge on any atom is -0.382 e. The molecule has 0 fully saturated rings. The largest absolute Gasteiger partial charge is 0.382 e. The fourth-order valence-corrected chi connectivity index (χ4v) is 3.63. The van der Waals surface area contributed by atoms with Crippen molar-refractivity contribution in [3.8, 4) is 0 Å². The molecule has 0 heterocycles. The quantitative estimate of drug-likeness (QED) is 0.718. The minimum atomic E-state index is -0.0862. The molecule has 0 aliphatic heterocycles. The predicted octanol–water partition coefficient (Wildman–Crippen LogP) is 4.34. The smallest absolute Gasteiger partial charge is 0.196 e. The lowest BCUT2D eigenvalue weighted by Gasteiger charge is -2.27. The van der Waals surface area contributed by atoms with Gasteiger partial charge in [0.1, 0.15) is 0 Å². The van der Waals surface area contributed by atoms with Crippen LogP contribution in [0, 0.1) is 0 Å². The zero-order valence-corrected chi connectivity index (χ0v) is 16.0. The van der Waals surface area contributed by atoms with E-state index in [9.17, 15) is 9.59 Å². The molecule has 4 nitrogen and oxygen atoms in total. The Morgan fingerprint density at radius 2 is 1.31 bits per heavy atom. The summed E-state index contributed by atoms with van der Waals surface area (Å²) < 4.78 is 0. The Morgan fingerprint density at radius 1 is 0.731 bits per heavy atom. The van der Waals surface area contributed by atoms with Crippen LogP contribution in [0.5, 0.6) is 0 Å². The molecule has 1 aliphatic rings. The van der Waals surface area contributed by atoms with E-state index in [1.807, 2.05) is 32.9 Å². The lowest BCUT2D eigenvalue weighted by Crippen LogP contribution is -2.30. The normalized spacial score (nSPS) is 14.4. The van der Waals surface area contributed by atoms with Crippen LogP contribution in [-0.4, -0.2) is 23.7 Å². The van der Waals surface area contributed by atoms with Gasteiger partial charge in [-0.2, -0.15) is 0 Å². The van der Waals surface area contributed by atoms with Gasteiger partial charge >= 0.3 is 0 Å². The van der Waals surface area contributed by atoms with Crippen LogP contribution >= 0.6 is 0 Å². The number of benzene rings is 2. The molecule has 0 saturated heterocycles. The van der Waals surface area contributed by atoms with Crippen molar-refractivity contribution in [3.05, 3.63) is 64.2 Å². The Hall–Kier alpha value is -2.46. The molecule has 4 heteroatoms. The van der Waals surface area contributed by atoms with Crippen LogP contribution in [0.3, 0.4) is 0 Å². The van der Waals surface area contributed by atoms with Crippen molar-refractivity contribution >= 4 is 17.3 Å². The SMILES string of the molecule is CC(C)Nc1ccc(C(C)NC(C)C)c2c1C(=O)c1ccccc1C2=O. The van der Waals surface area contributed by atoms with E-state index in [2.05, 4.69) is 24.5 Å². The van der Waals surface area contributed by atoms with E-state index in [1.54, 1.807) is 24.3 Å². The third kappa shape index (κ3) is 3.17. The standard InChI is InChI=1S/C22H26N2O2/c1-12(2)23-14(5)15-10-11-18(24-13(3)4)20-19(15)21(25)16-8-6-7-9-17(16)22(20)26/h6-14,23-24H,1-5H3. The molecule has 2 aromatic carbocycles. The Morgan fingerprint density at radius 3 is 1.85 bits per heavy atom. The van der Waals surface area contributed by atoms with E-state index >= 15 is 0 Å². The molecular weight excluding hydrogens is 324 g/mol. The van der Waals surface area contributed by atoms with Crippen LogP contribution in [0.15, 0.2) is 36.4 Å². The van der Waals surface area contributed by atoms with Crippen LogP contribution in [0.2, 0.25) is 0 Å². The Balaban J connectivity index is 2.24. The summed E-state index contributed by atoms with van der Waals surface area (Å²) in [5.41, 5.74) is 3.60. The molecule has 0 spiro atoms. The van der Waals surface area contributed by atoms with Crippen molar-refractivity contribution in [2.75, 3.05) is 5.32 Å². The fraction of sp³-hybridized carbons (Fsp3) is 0.364. The summed E-state index contributed by atoms with van der Waals surface area (Å²) in [5, 5.41) is 6.77. The monoisotopic (exact) mass is 350 g/mol. The van der Waals surface area contributed by atoms with Gasteiger partial charge in [0.2, 0.25) is 0 Å². The number of hydrogen-bond acceptors (Lipinski definition) is 4. The van der Waals surface area contributed by atoms with E-state index < -0.39 is 0 Å². The zero-order valence-electron chi connectivity index (χ0n) is 16.0. The first kappa shape index (κ1) is 18.3. The summed E-state index contributed by atoms with van der Waals surface area (Å²) in [4.78, 5) is 26.5. The highest BCUT2D eigenvalue weighted by Gasteiger charge is 2.34. The van der Waals surface area contributed by atoms with E-state index in [4.69, 9.17) is 0 Å². The Bertz CT molecular complexity index is 868. The molecule has 0 saturated carbocycles. The molecular formula is C22H26N2O2. The maximum absolute atomic E-state index is 13.3. The molecule has 1 atom stereocenters. The molecule has 0 radical (unpaired) electrons. The topological polar surface area (TPSA) is 58.2 Å². The molecule has 2 N–H and O–H groups in total. The van der Waals surface area contributed by atoms with Crippen LogP contribution in [0.4, 0.5) is 5.69 Å². The van der Waals surface area contributed by atoms with Crippen LogP contribution in [-0.2, 0) is 0 Å². The summed E-state index contributed by atoms with van der Waals surface area (Å²) in [6.07, 6.45) is 0. The third-order valence-corrected chi connectivity index (χ3v) is 4.60. The second kappa shape index (κ2) is 7.04. The van der Waals surface area contributed by atoms with E-state index in [-0.39, 0.29) is 29.7 Å². The van der Waals surface area contributed by atoms with Crippen molar-refractivity contribution < 1.29 is 9.59 Å². The van der Waals surface area contributed by atoms with Gasteiger partial charge in [0.25, 0.3) is 0 Å². The van der Waals surface area contributed by atoms with Gasteiger partial charge in [0, 0.05) is 40.5 Å². The number of carbonyl (C=O) groups excluding carboxylic acids is 2. The Labute approximate surface area is 155 Å². The van der Waals surface area contributed by atoms with Gasteiger partial charge in [0.05, 0.1) is 5.56 Å². The predicted molar refractivity (Wildman–Crippen MR) is 105 cm³/mol. The Kier molecular flexibility index (Phi) is 4.97. The highest BCUT2D eigenvalue weighted by Crippen LogP contribution is 2.36. The van der Waals surface area contributed by atoms with E-state index in [1.165, 1.54) is 0 Å². The molecule has 2 aromatic rings. The molecule has 0 aromatic heterocycles. The summed E-state index contributed by atoms with van der Waals surface area (Å²) in [5.74, 6) is -0.160. The first-order valence-corrected chi connectivity index (χ1v) is 9.19. The molecule has 3 rings (SSSR count). The van der Waals surface area contributed by atoms with Crippen LogP contribution < -0.4 is 10.6 Å². The first-order valence-electron chi connectivity index (χ1n) is 9.19. The van der Waals surface area contributed by atoms with Gasteiger partial charge in [-0.15, -0.1) is 0 Å². The van der Waals surface area contributed by atoms with Crippen LogP contribution in [0.25, 0.3) is 0 Å². The van der Waals surface area contributed by atoms with E-state index in [0.29, 0.717) is 22.3 Å². The summed E-state index contributed by atoms with van der Waals surface area (Å²) in [7, 11) is 0. The van der Waals surface area contributed by atoms with Crippen molar-refractivity contribution in [1.82, 2.24) is 5.32 Å². The number of anilines is 1. The highest BCUT2D eigenvalue weighted by molar-refractivity contribution is 6.30. The van der Waals surface area contributed by atoms with Crippen LogP contribution in [0.1, 0.15) is 78.1 Å². The van der Waals surface area contributed by atoms with Gasteiger partial charge in [-0.05, 0) is 32.4 Å². The number of carbonyl (C=O) groups is 2. The lowest BCUT2D eigenvalue weighted by molar-refractivity contribution is 0.0978. The second-order valence-corrected chi connectivity index (χ2v) is 7.50. The average Bonchev–Trinajstić information content (AvgIpc) is 2.58. The summed E-state index contributed by atoms with van der Waals surface area (Å²) >= 11 is 0. The number of ketones is 2. The maximum atomic E-state index is 13.3. The van der Waals surface area contributed by atoms with Crippen molar-refractivity contribution in [1.29, 1.82) is 0 Å². The average molecular weight is 350 g/mol. The number of nitrogens with one attached hydrogen (secondary N) is 2. The number of hydrogen-bond donors (Lipinski definition) is 2. The maximum Gasteiger partial charge on any atom is 0.196 e. The molecule has 0 amide bonds. The van der Waals surface area contributed by atoms with Crippen molar-refractivity contribution in [3.63, 3.8) is 0 Å². The summed E-state index contributed by atoms with van der Waals surface area (Å²) in [6.45, 7) is 10.2. The van der Waals surface area contributed by atoms with Gasteiger partial charge < -0.3 is 10.6 Å². The van der Waals surface area contributed by atoms with E-state index in [0.717, 1.165) is 11.3 Å². The van der Waals surface area contributed by atoms with Gasteiger partial charge in [-0.3, -0.25) is 9.59 Å². The minimum absolute atomic E-state index is 0.0288.